The summed E-state index contributed by atoms with van der Waals surface area (Å²) in [6.07, 6.45) is 10.7. The van der Waals surface area contributed by atoms with Crippen molar-refractivity contribution in [2.75, 3.05) is 0 Å². The molecule has 2 aliphatic rings. The van der Waals surface area contributed by atoms with Crippen LogP contribution in [0.25, 0.3) is 0 Å². The second kappa shape index (κ2) is 2.25. The molecule has 0 bridgehead atoms. The first-order valence-corrected chi connectivity index (χ1v) is 4.81. The van der Waals surface area contributed by atoms with Crippen LogP contribution < -0.4 is 0 Å². The minimum atomic E-state index is 0.802. The topological polar surface area (TPSA) is 0 Å². The van der Waals surface area contributed by atoms with E-state index >= 15 is 0 Å². The minimum absolute atomic E-state index is 0.802. The Morgan fingerprint density at radius 2 is 1.90 bits per heavy atom. The maximum atomic E-state index is 2.51. The molecule has 2 aliphatic carbocycles. The molecular weight excluding hydrogens is 120 g/mol. The van der Waals surface area contributed by atoms with Crippen LogP contribution in [0, 0.1) is 11.3 Å². The predicted molar refractivity (Wildman–Crippen MR) is 43.9 cm³/mol. The average molecular weight is 138 g/mol. The van der Waals surface area contributed by atoms with Gasteiger partial charge in [-0.15, -0.1) is 0 Å². The van der Waals surface area contributed by atoms with Gasteiger partial charge in [0.2, 0.25) is 0 Å². The van der Waals surface area contributed by atoms with Gasteiger partial charge in [0.05, 0.1) is 0 Å². The third-order valence-electron chi connectivity index (χ3n) is 3.85. The van der Waals surface area contributed by atoms with Crippen molar-refractivity contribution in [1.29, 1.82) is 0 Å². The third-order valence-corrected chi connectivity index (χ3v) is 3.85. The van der Waals surface area contributed by atoms with Gasteiger partial charge in [-0.2, -0.15) is 0 Å². The molecule has 0 heteroatoms. The Morgan fingerprint density at radius 3 is 2.60 bits per heavy atom. The highest BCUT2D eigenvalue weighted by atomic mass is 14.5. The molecule has 0 nitrogen and oxygen atoms in total. The van der Waals surface area contributed by atoms with Crippen molar-refractivity contribution < 1.29 is 0 Å². The normalized spacial score (nSPS) is 47.1. The highest BCUT2D eigenvalue weighted by Gasteiger charge is 2.42. The molecule has 0 aromatic heterocycles. The Bertz CT molecular complexity index is 128. The van der Waals surface area contributed by atoms with Gasteiger partial charge in [-0.1, -0.05) is 26.2 Å². The monoisotopic (exact) mass is 138 g/mol. The molecule has 0 heterocycles. The van der Waals surface area contributed by atoms with E-state index in [0.29, 0.717) is 0 Å². The standard InChI is InChI=1S/C10H18/c1-10-7-4-2-3-5-9(10)6-8-10/h9H,2-8H2,1H3. The number of fused-ring (bicyclic) bond motifs is 1. The van der Waals surface area contributed by atoms with Crippen molar-refractivity contribution in [3.05, 3.63) is 0 Å². The Labute approximate surface area is 64.0 Å². The van der Waals surface area contributed by atoms with Gasteiger partial charge in [-0.3, -0.25) is 0 Å². The highest BCUT2D eigenvalue weighted by Crippen LogP contribution is 2.53. The largest absolute Gasteiger partial charge is 0.0594 e. The predicted octanol–water partition coefficient (Wildman–Crippen LogP) is 3.37. The fourth-order valence-electron chi connectivity index (χ4n) is 2.76. The number of rotatable bonds is 0. The van der Waals surface area contributed by atoms with Gasteiger partial charge in [-0.05, 0) is 37.0 Å². The van der Waals surface area contributed by atoms with Gasteiger partial charge < -0.3 is 0 Å². The van der Waals surface area contributed by atoms with Gasteiger partial charge in [0.25, 0.3) is 0 Å². The molecule has 0 amide bonds. The lowest BCUT2D eigenvalue weighted by molar-refractivity contribution is 0.0430. The molecule has 0 saturated heterocycles. The van der Waals surface area contributed by atoms with Gasteiger partial charge in [0.15, 0.2) is 0 Å². The maximum Gasteiger partial charge on any atom is -0.0297 e. The summed E-state index contributed by atoms with van der Waals surface area (Å²) in [7, 11) is 0. The van der Waals surface area contributed by atoms with Crippen molar-refractivity contribution in [1.82, 2.24) is 0 Å². The van der Waals surface area contributed by atoms with E-state index in [1.165, 1.54) is 44.9 Å². The van der Waals surface area contributed by atoms with Crippen LogP contribution in [0.4, 0.5) is 0 Å². The van der Waals surface area contributed by atoms with Crippen molar-refractivity contribution in [2.24, 2.45) is 11.3 Å². The average Bonchev–Trinajstić information content (AvgIpc) is 2.01. The molecular formula is C10H18. The van der Waals surface area contributed by atoms with Crippen molar-refractivity contribution in [2.45, 2.75) is 51.9 Å². The lowest BCUT2D eigenvalue weighted by atomic mass is 9.59. The summed E-state index contributed by atoms with van der Waals surface area (Å²) in [5, 5.41) is 0. The summed E-state index contributed by atoms with van der Waals surface area (Å²) in [5.74, 6) is 1.12. The zero-order chi connectivity index (χ0) is 7.03. The van der Waals surface area contributed by atoms with Crippen LogP contribution in [0.3, 0.4) is 0 Å². The summed E-state index contributed by atoms with van der Waals surface area (Å²) >= 11 is 0. The Morgan fingerprint density at radius 1 is 1.00 bits per heavy atom. The molecule has 58 valence electrons. The first kappa shape index (κ1) is 6.69. The van der Waals surface area contributed by atoms with Crippen LogP contribution in [0.1, 0.15) is 51.9 Å². The molecule has 2 atom stereocenters. The van der Waals surface area contributed by atoms with Crippen LogP contribution in [0.5, 0.6) is 0 Å². The van der Waals surface area contributed by atoms with E-state index in [-0.39, 0.29) is 0 Å². The second-order valence-electron chi connectivity index (χ2n) is 4.49. The smallest absolute Gasteiger partial charge is 0.0297 e. The molecule has 2 unspecified atom stereocenters. The van der Waals surface area contributed by atoms with Crippen molar-refractivity contribution >= 4 is 0 Å². The molecule has 0 radical (unpaired) electrons. The molecule has 2 rings (SSSR count). The van der Waals surface area contributed by atoms with E-state index in [1.54, 1.807) is 0 Å². The summed E-state index contributed by atoms with van der Waals surface area (Å²) in [5.41, 5.74) is 0.802. The fraction of sp³-hybridized carbons (Fsp3) is 1.00. The molecule has 0 aromatic carbocycles. The van der Waals surface area contributed by atoms with Crippen LogP contribution in [-0.4, -0.2) is 0 Å². The molecule has 0 aromatic rings. The van der Waals surface area contributed by atoms with Crippen LogP contribution in [0.15, 0.2) is 0 Å². The Hall–Kier alpha value is 0. The molecule has 0 aliphatic heterocycles. The zero-order valence-electron chi connectivity index (χ0n) is 7.03. The van der Waals surface area contributed by atoms with Gasteiger partial charge in [0.1, 0.15) is 0 Å². The van der Waals surface area contributed by atoms with E-state index < -0.39 is 0 Å². The van der Waals surface area contributed by atoms with Crippen molar-refractivity contribution in [3.8, 4) is 0 Å². The first-order chi connectivity index (χ1) is 4.81. The van der Waals surface area contributed by atoms with E-state index in [1.807, 2.05) is 0 Å². The van der Waals surface area contributed by atoms with E-state index in [2.05, 4.69) is 6.92 Å². The quantitative estimate of drug-likeness (QED) is 0.481. The van der Waals surface area contributed by atoms with Crippen LogP contribution >= 0.6 is 0 Å². The van der Waals surface area contributed by atoms with E-state index in [4.69, 9.17) is 0 Å². The number of hydrogen-bond donors (Lipinski definition) is 0. The Kier molecular flexibility index (Phi) is 1.51. The molecule has 0 spiro atoms. The second-order valence-corrected chi connectivity index (χ2v) is 4.49. The van der Waals surface area contributed by atoms with E-state index in [0.717, 1.165) is 11.3 Å². The third kappa shape index (κ3) is 0.889. The maximum absolute atomic E-state index is 2.51. The van der Waals surface area contributed by atoms with E-state index in [9.17, 15) is 0 Å². The summed E-state index contributed by atoms with van der Waals surface area (Å²) < 4.78 is 0. The molecule has 2 saturated carbocycles. The van der Waals surface area contributed by atoms with Crippen molar-refractivity contribution in [3.63, 3.8) is 0 Å². The first-order valence-electron chi connectivity index (χ1n) is 4.81. The zero-order valence-corrected chi connectivity index (χ0v) is 7.03. The van der Waals surface area contributed by atoms with Gasteiger partial charge >= 0.3 is 0 Å². The fourth-order valence-corrected chi connectivity index (χ4v) is 2.76. The molecule has 10 heavy (non-hydrogen) atoms. The summed E-state index contributed by atoms with van der Waals surface area (Å²) in [4.78, 5) is 0. The van der Waals surface area contributed by atoms with Gasteiger partial charge in [-0.25, -0.2) is 0 Å². The lowest BCUT2D eigenvalue weighted by Gasteiger charge is -2.46. The number of hydrogen-bond acceptors (Lipinski definition) is 0. The Balaban J connectivity index is 2.03. The van der Waals surface area contributed by atoms with Crippen LogP contribution in [0.2, 0.25) is 0 Å². The summed E-state index contributed by atoms with van der Waals surface area (Å²) in [6, 6.07) is 0. The highest BCUT2D eigenvalue weighted by molar-refractivity contribution is 4.93. The SMILES string of the molecule is CC12CCCCCC1CC2. The molecule has 2 fully saturated rings. The molecule has 0 N–H and O–H groups in total. The van der Waals surface area contributed by atoms with Crippen LogP contribution in [-0.2, 0) is 0 Å². The lowest BCUT2D eigenvalue weighted by Crippen LogP contribution is -2.36. The minimum Gasteiger partial charge on any atom is -0.0594 e. The summed E-state index contributed by atoms with van der Waals surface area (Å²) in [6.45, 7) is 2.51. The van der Waals surface area contributed by atoms with Gasteiger partial charge in [0, 0.05) is 0 Å².